The topological polar surface area (TPSA) is 78.9 Å². The van der Waals surface area contributed by atoms with Crippen LogP contribution in [-0.4, -0.2) is 24.4 Å². The Kier molecular flexibility index (Phi) is 4.98. The minimum atomic E-state index is -1.16. The molecule has 2 aromatic carbocycles. The van der Waals surface area contributed by atoms with Crippen molar-refractivity contribution in [1.29, 1.82) is 0 Å². The number of nitrogens with zero attached hydrogens (tertiary/aromatic N) is 1. The van der Waals surface area contributed by atoms with Crippen LogP contribution in [0.25, 0.3) is 0 Å². The molecule has 0 saturated heterocycles. The molecule has 0 spiro atoms. The van der Waals surface area contributed by atoms with Gasteiger partial charge in [-0.25, -0.2) is 9.59 Å². The van der Waals surface area contributed by atoms with Crippen LogP contribution in [0.2, 0.25) is 0 Å². The summed E-state index contributed by atoms with van der Waals surface area (Å²) < 4.78 is 4.81. The van der Waals surface area contributed by atoms with Crippen LogP contribution < -0.4 is 10.2 Å². The Labute approximate surface area is 127 Å². The van der Waals surface area contributed by atoms with E-state index in [0.29, 0.717) is 16.9 Å². The maximum Gasteiger partial charge on any atom is 0.414 e. The summed E-state index contributed by atoms with van der Waals surface area (Å²) in [5.41, 5.74) is 1.76. The van der Waals surface area contributed by atoms with E-state index in [1.807, 2.05) is 18.2 Å². The summed E-state index contributed by atoms with van der Waals surface area (Å²) in [6.45, 7) is 0.188. The number of ether oxygens (including phenoxy) is 1. The third-order valence-electron chi connectivity index (χ3n) is 3.05. The highest BCUT2D eigenvalue weighted by molar-refractivity contribution is 5.88. The molecule has 2 aromatic rings. The Morgan fingerprint density at radius 2 is 1.73 bits per heavy atom. The Bertz CT molecular complexity index is 658. The number of hydrogen-bond acceptors (Lipinski definition) is 3. The molecule has 2 rings (SSSR count). The maximum absolute atomic E-state index is 12.0. The molecule has 22 heavy (non-hydrogen) atoms. The van der Waals surface area contributed by atoms with Crippen LogP contribution in [0.3, 0.4) is 0 Å². The van der Waals surface area contributed by atoms with Gasteiger partial charge in [0, 0.05) is 11.4 Å². The van der Waals surface area contributed by atoms with E-state index < -0.39 is 12.2 Å². The number of carbonyl (C=O) groups excluding carboxylic acids is 1. The van der Waals surface area contributed by atoms with Crippen molar-refractivity contribution < 1.29 is 19.4 Å². The zero-order valence-electron chi connectivity index (χ0n) is 12.0. The van der Waals surface area contributed by atoms with Gasteiger partial charge in [-0.15, -0.1) is 0 Å². The lowest BCUT2D eigenvalue weighted by Gasteiger charge is -2.22. The average Bonchev–Trinajstić information content (AvgIpc) is 2.53. The second-order valence-corrected chi connectivity index (χ2v) is 4.48. The number of para-hydroxylation sites is 2. The van der Waals surface area contributed by atoms with Gasteiger partial charge in [0.25, 0.3) is 0 Å². The summed E-state index contributed by atoms with van der Waals surface area (Å²) in [4.78, 5) is 24.3. The minimum Gasteiger partial charge on any atom is -0.465 e. The molecule has 6 heteroatoms. The van der Waals surface area contributed by atoms with Crippen LogP contribution in [0.5, 0.6) is 0 Å². The molecule has 0 bridgehead atoms. The maximum atomic E-state index is 12.0. The molecular weight excluding hydrogens is 284 g/mol. The summed E-state index contributed by atoms with van der Waals surface area (Å²) in [5.74, 6) is 0. The number of rotatable bonds is 4. The SMILES string of the molecule is COC(=O)N(Cc1ccccc1NC(=O)O)c1ccccc1. The summed E-state index contributed by atoms with van der Waals surface area (Å²) in [5, 5.41) is 11.2. The zero-order chi connectivity index (χ0) is 15.9. The number of amides is 2. The number of carbonyl (C=O) groups is 2. The Morgan fingerprint density at radius 3 is 2.36 bits per heavy atom. The molecule has 0 aromatic heterocycles. The number of hydrogen-bond donors (Lipinski definition) is 2. The lowest BCUT2D eigenvalue weighted by atomic mass is 10.1. The van der Waals surface area contributed by atoms with E-state index in [4.69, 9.17) is 9.84 Å². The monoisotopic (exact) mass is 300 g/mol. The van der Waals surface area contributed by atoms with Gasteiger partial charge >= 0.3 is 12.2 Å². The number of anilines is 2. The van der Waals surface area contributed by atoms with E-state index in [1.54, 1.807) is 36.4 Å². The normalized spacial score (nSPS) is 9.86. The molecule has 0 aliphatic carbocycles. The fourth-order valence-corrected chi connectivity index (χ4v) is 2.05. The molecule has 0 aliphatic rings. The van der Waals surface area contributed by atoms with Gasteiger partial charge < -0.3 is 9.84 Å². The predicted octanol–water partition coefficient (Wildman–Crippen LogP) is 3.55. The van der Waals surface area contributed by atoms with E-state index in [9.17, 15) is 9.59 Å². The van der Waals surface area contributed by atoms with Gasteiger partial charge in [-0.05, 0) is 23.8 Å². The van der Waals surface area contributed by atoms with Gasteiger partial charge in [0.2, 0.25) is 0 Å². The Hall–Kier alpha value is -3.02. The van der Waals surface area contributed by atoms with Crippen LogP contribution in [0.1, 0.15) is 5.56 Å². The summed E-state index contributed by atoms with van der Waals surface area (Å²) in [6, 6.07) is 15.9. The second kappa shape index (κ2) is 7.12. The van der Waals surface area contributed by atoms with Crippen LogP contribution in [0.15, 0.2) is 54.6 Å². The lowest BCUT2D eigenvalue weighted by Crippen LogP contribution is -2.30. The predicted molar refractivity (Wildman–Crippen MR) is 83.1 cm³/mol. The number of carboxylic acid groups (broad SMARTS) is 1. The molecule has 0 unspecified atom stereocenters. The van der Waals surface area contributed by atoms with Gasteiger partial charge in [-0.3, -0.25) is 10.2 Å². The first kappa shape index (κ1) is 15.4. The first-order chi connectivity index (χ1) is 10.6. The average molecular weight is 300 g/mol. The molecule has 2 N–H and O–H groups in total. The smallest absolute Gasteiger partial charge is 0.414 e. The van der Waals surface area contributed by atoms with Gasteiger partial charge in [0.1, 0.15) is 0 Å². The summed E-state index contributed by atoms with van der Waals surface area (Å²) in [6.07, 6.45) is -1.67. The highest BCUT2D eigenvalue weighted by Gasteiger charge is 2.18. The molecule has 0 aliphatic heterocycles. The highest BCUT2D eigenvalue weighted by atomic mass is 16.5. The first-order valence-electron chi connectivity index (χ1n) is 6.60. The van der Waals surface area contributed by atoms with Gasteiger partial charge in [-0.1, -0.05) is 36.4 Å². The van der Waals surface area contributed by atoms with E-state index in [1.165, 1.54) is 12.0 Å². The fraction of sp³-hybridized carbons (Fsp3) is 0.125. The quantitative estimate of drug-likeness (QED) is 0.905. The van der Waals surface area contributed by atoms with Crippen molar-refractivity contribution in [2.75, 3.05) is 17.3 Å². The Morgan fingerprint density at radius 1 is 1.09 bits per heavy atom. The number of methoxy groups -OCH3 is 1. The Balaban J connectivity index is 2.32. The van der Waals surface area contributed by atoms with Crippen molar-refractivity contribution in [3.8, 4) is 0 Å². The molecule has 2 amide bonds. The largest absolute Gasteiger partial charge is 0.465 e. The van der Waals surface area contributed by atoms with E-state index in [-0.39, 0.29) is 6.54 Å². The number of benzene rings is 2. The molecule has 0 heterocycles. The molecule has 0 atom stereocenters. The number of nitrogens with one attached hydrogen (secondary N) is 1. The molecule has 0 radical (unpaired) electrons. The van der Waals surface area contributed by atoms with Crippen LogP contribution in [0, 0.1) is 0 Å². The first-order valence-corrected chi connectivity index (χ1v) is 6.60. The van der Waals surface area contributed by atoms with E-state index in [0.717, 1.165) is 0 Å². The summed E-state index contributed by atoms with van der Waals surface area (Å²) in [7, 11) is 1.31. The molecule has 114 valence electrons. The van der Waals surface area contributed by atoms with Gasteiger partial charge in [-0.2, -0.15) is 0 Å². The highest BCUT2D eigenvalue weighted by Crippen LogP contribution is 2.22. The third-order valence-corrected chi connectivity index (χ3v) is 3.05. The van der Waals surface area contributed by atoms with Crippen molar-refractivity contribution in [2.24, 2.45) is 0 Å². The second-order valence-electron chi connectivity index (χ2n) is 4.48. The lowest BCUT2D eigenvalue weighted by molar-refractivity contribution is 0.178. The third kappa shape index (κ3) is 3.76. The zero-order valence-corrected chi connectivity index (χ0v) is 12.0. The molecule has 6 nitrogen and oxygen atoms in total. The van der Waals surface area contributed by atoms with Crippen molar-refractivity contribution in [3.63, 3.8) is 0 Å². The van der Waals surface area contributed by atoms with Crippen molar-refractivity contribution in [3.05, 3.63) is 60.2 Å². The summed E-state index contributed by atoms with van der Waals surface area (Å²) >= 11 is 0. The molecule has 0 fully saturated rings. The van der Waals surface area contributed by atoms with Crippen molar-refractivity contribution in [2.45, 2.75) is 6.54 Å². The van der Waals surface area contributed by atoms with Crippen molar-refractivity contribution >= 4 is 23.6 Å². The van der Waals surface area contributed by atoms with Crippen LogP contribution in [-0.2, 0) is 11.3 Å². The molecule has 0 saturated carbocycles. The van der Waals surface area contributed by atoms with Crippen LogP contribution in [0.4, 0.5) is 21.0 Å². The van der Waals surface area contributed by atoms with E-state index in [2.05, 4.69) is 5.32 Å². The standard InChI is InChI=1S/C16H16N2O4/c1-22-16(21)18(13-8-3-2-4-9-13)11-12-7-5-6-10-14(12)17-15(19)20/h2-10,17H,11H2,1H3,(H,19,20). The van der Waals surface area contributed by atoms with Gasteiger partial charge in [0.05, 0.1) is 13.7 Å². The fourth-order valence-electron chi connectivity index (χ4n) is 2.05. The van der Waals surface area contributed by atoms with E-state index >= 15 is 0 Å². The van der Waals surface area contributed by atoms with Crippen LogP contribution >= 0.6 is 0 Å². The van der Waals surface area contributed by atoms with Crippen molar-refractivity contribution in [1.82, 2.24) is 0 Å². The molecular formula is C16H16N2O4. The van der Waals surface area contributed by atoms with Gasteiger partial charge in [0.15, 0.2) is 0 Å². The minimum absolute atomic E-state index is 0.188.